The molecule has 140 valence electrons. The summed E-state index contributed by atoms with van der Waals surface area (Å²) in [6.45, 7) is 1.19. The van der Waals surface area contributed by atoms with Gasteiger partial charge in [0.05, 0.1) is 19.8 Å². The quantitative estimate of drug-likeness (QED) is 0.531. The summed E-state index contributed by atoms with van der Waals surface area (Å²) in [7, 11) is 2.72. The number of ether oxygens (including phenoxy) is 3. The SMILES string of the molecule is COc1ccc(-c2coc3c(OC)c(OC(C)=O)cc(O)c3c2=O)cc1O. The molecule has 0 atom stereocenters. The largest absolute Gasteiger partial charge is 0.507 e. The monoisotopic (exact) mass is 372 g/mol. The van der Waals surface area contributed by atoms with Crippen LogP contribution >= 0.6 is 0 Å². The summed E-state index contributed by atoms with van der Waals surface area (Å²) in [6.07, 6.45) is 1.17. The summed E-state index contributed by atoms with van der Waals surface area (Å²) >= 11 is 0. The molecule has 0 saturated carbocycles. The molecule has 1 heterocycles. The molecule has 3 aromatic rings. The lowest BCUT2D eigenvalue weighted by Gasteiger charge is -2.12. The molecular formula is C19H16O8. The zero-order valence-corrected chi connectivity index (χ0v) is 14.7. The summed E-state index contributed by atoms with van der Waals surface area (Å²) in [5.74, 6) is -1.04. The number of phenolic OH excluding ortho intramolecular Hbond substituents is 2. The van der Waals surface area contributed by atoms with Crippen LogP contribution in [-0.4, -0.2) is 30.4 Å². The van der Waals surface area contributed by atoms with Gasteiger partial charge in [0.25, 0.3) is 0 Å². The van der Waals surface area contributed by atoms with Gasteiger partial charge >= 0.3 is 5.97 Å². The van der Waals surface area contributed by atoms with Gasteiger partial charge in [-0.05, 0) is 17.7 Å². The molecule has 0 unspecified atom stereocenters. The van der Waals surface area contributed by atoms with E-state index < -0.39 is 17.1 Å². The first-order valence-corrected chi connectivity index (χ1v) is 7.78. The van der Waals surface area contributed by atoms with E-state index in [1.165, 1.54) is 39.5 Å². The zero-order valence-electron chi connectivity index (χ0n) is 14.7. The average Bonchev–Trinajstić information content (AvgIpc) is 2.61. The van der Waals surface area contributed by atoms with Crippen molar-refractivity contribution in [2.45, 2.75) is 6.92 Å². The third-order valence-corrected chi connectivity index (χ3v) is 3.90. The van der Waals surface area contributed by atoms with Crippen LogP contribution in [0.15, 0.2) is 39.7 Å². The Morgan fingerprint density at radius 1 is 1.04 bits per heavy atom. The Kier molecular flexibility index (Phi) is 4.64. The molecule has 0 aliphatic heterocycles. The van der Waals surface area contributed by atoms with Gasteiger partial charge in [-0.3, -0.25) is 9.59 Å². The highest BCUT2D eigenvalue weighted by Crippen LogP contribution is 2.41. The fourth-order valence-corrected chi connectivity index (χ4v) is 2.72. The van der Waals surface area contributed by atoms with Crippen LogP contribution in [0.3, 0.4) is 0 Å². The average molecular weight is 372 g/mol. The lowest BCUT2D eigenvalue weighted by atomic mass is 10.0. The van der Waals surface area contributed by atoms with E-state index in [0.717, 1.165) is 6.07 Å². The molecule has 0 bridgehead atoms. The van der Waals surface area contributed by atoms with Crippen molar-refractivity contribution in [1.29, 1.82) is 0 Å². The van der Waals surface area contributed by atoms with Crippen molar-refractivity contribution in [3.05, 3.63) is 40.8 Å². The van der Waals surface area contributed by atoms with Crippen molar-refractivity contribution < 1.29 is 33.6 Å². The molecule has 8 heteroatoms. The second kappa shape index (κ2) is 6.91. The van der Waals surface area contributed by atoms with Crippen molar-refractivity contribution in [1.82, 2.24) is 0 Å². The number of rotatable bonds is 4. The molecular weight excluding hydrogens is 356 g/mol. The normalized spacial score (nSPS) is 10.6. The topological polar surface area (TPSA) is 115 Å². The number of phenols is 2. The number of carbonyl (C=O) groups is 1. The molecule has 0 saturated heterocycles. The van der Waals surface area contributed by atoms with Gasteiger partial charge in [-0.15, -0.1) is 0 Å². The summed E-state index contributed by atoms with van der Waals surface area (Å²) in [5.41, 5.74) is -0.143. The fourth-order valence-electron chi connectivity index (χ4n) is 2.72. The molecule has 2 aromatic carbocycles. The van der Waals surface area contributed by atoms with E-state index in [1.54, 1.807) is 6.07 Å². The summed E-state index contributed by atoms with van der Waals surface area (Å²) in [4.78, 5) is 24.2. The van der Waals surface area contributed by atoms with E-state index in [-0.39, 0.29) is 39.5 Å². The second-order valence-electron chi connectivity index (χ2n) is 5.59. The molecule has 27 heavy (non-hydrogen) atoms. The highest BCUT2D eigenvalue weighted by Gasteiger charge is 2.22. The minimum absolute atomic E-state index is 0.000715. The van der Waals surface area contributed by atoms with Gasteiger partial charge in [-0.2, -0.15) is 0 Å². The maximum Gasteiger partial charge on any atom is 0.308 e. The standard InChI is InChI=1S/C19H16O8/c1-9(20)27-15-7-13(22)16-17(23)11(8-26-19(16)18(15)25-3)10-4-5-14(24-2)12(21)6-10/h4-8,21-22H,1-3H3. The number of carbonyl (C=O) groups excluding carboxylic acids is 1. The molecule has 0 aliphatic carbocycles. The Balaban J connectivity index is 2.27. The first kappa shape index (κ1) is 18.1. The first-order chi connectivity index (χ1) is 12.9. The maximum absolute atomic E-state index is 12.9. The van der Waals surface area contributed by atoms with Crippen LogP contribution in [0.25, 0.3) is 22.1 Å². The molecule has 3 rings (SSSR count). The molecule has 0 spiro atoms. The van der Waals surface area contributed by atoms with Gasteiger partial charge in [0.2, 0.25) is 11.2 Å². The van der Waals surface area contributed by atoms with E-state index in [9.17, 15) is 19.8 Å². The first-order valence-electron chi connectivity index (χ1n) is 7.78. The van der Waals surface area contributed by atoms with E-state index in [4.69, 9.17) is 18.6 Å². The Morgan fingerprint density at radius 3 is 2.37 bits per heavy atom. The summed E-state index contributed by atoms with van der Waals surface area (Å²) < 4.78 is 20.7. The number of hydrogen-bond donors (Lipinski definition) is 2. The molecule has 0 amide bonds. The molecule has 0 aliphatic rings. The van der Waals surface area contributed by atoms with Gasteiger partial charge in [-0.25, -0.2) is 0 Å². The highest BCUT2D eigenvalue weighted by molar-refractivity contribution is 5.93. The van der Waals surface area contributed by atoms with E-state index >= 15 is 0 Å². The lowest BCUT2D eigenvalue weighted by Crippen LogP contribution is -2.08. The minimum atomic E-state index is -0.625. The molecule has 8 nitrogen and oxygen atoms in total. The Labute approximate surface area is 153 Å². The van der Waals surface area contributed by atoms with Gasteiger partial charge in [-0.1, -0.05) is 6.07 Å². The number of benzene rings is 2. The van der Waals surface area contributed by atoms with Gasteiger partial charge in [0.1, 0.15) is 17.4 Å². The van der Waals surface area contributed by atoms with E-state index in [1.807, 2.05) is 0 Å². The van der Waals surface area contributed by atoms with Gasteiger partial charge in [0, 0.05) is 13.0 Å². The summed E-state index contributed by atoms with van der Waals surface area (Å²) in [5, 5.41) is 20.1. The van der Waals surface area contributed by atoms with E-state index in [0.29, 0.717) is 5.56 Å². The number of fused-ring (bicyclic) bond motifs is 1. The Hall–Kier alpha value is -3.68. The summed E-state index contributed by atoms with van der Waals surface area (Å²) in [6, 6.07) is 5.52. The molecule has 2 N–H and O–H groups in total. The van der Waals surface area contributed by atoms with Gasteiger partial charge in [0.15, 0.2) is 22.8 Å². The zero-order chi connectivity index (χ0) is 19.7. The van der Waals surface area contributed by atoms with Crippen LogP contribution in [0, 0.1) is 0 Å². The number of hydrogen-bond acceptors (Lipinski definition) is 8. The fraction of sp³-hybridized carbons (Fsp3) is 0.158. The Morgan fingerprint density at radius 2 is 1.78 bits per heavy atom. The van der Waals surface area contributed by atoms with Crippen LogP contribution in [0.1, 0.15) is 6.92 Å². The van der Waals surface area contributed by atoms with Crippen LogP contribution in [0.4, 0.5) is 0 Å². The predicted molar refractivity (Wildman–Crippen MR) is 95.7 cm³/mol. The number of methoxy groups -OCH3 is 2. The van der Waals surface area contributed by atoms with Crippen molar-refractivity contribution in [2.24, 2.45) is 0 Å². The maximum atomic E-state index is 12.9. The van der Waals surface area contributed by atoms with Crippen LogP contribution in [0.2, 0.25) is 0 Å². The van der Waals surface area contributed by atoms with Crippen molar-refractivity contribution in [2.75, 3.05) is 14.2 Å². The third-order valence-electron chi connectivity index (χ3n) is 3.90. The minimum Gasteiger partial charge on any atom is -0.507 e. The van der Waals surface area contributed by atoms with E-state index in [2.05, 4.69) is 0 Å². The van der Waals surface area contributed by atoms with Crippen LogP contribution in [0.5, 0.6) is 28.7 Å². The van der Waals surface area contributed by atoms with Crippen LogP contribution in [-0.2, 0) is 4.79 Å². The van der Waals surface area contributed by atoms with Crippen LogP contribution < -0.4 is 19.6 Å². The van der Waals surface area contributed by atoms with Gasteiger partial charge < -0.3 is 28.8 Å². The highest BCUT2D eigenvalue weighted by atomic mass is 16.6. The number of esters is 1. The third kappa shape index (κ3) is 3.12. The predicted octanol–water partition coefficient (Wildman–Crippen LogP) is 2.81. The number of aromatic hydroxyl groups is 2. The second-order valence-corrected chi connectivity index (χ2v) is 5.59. The van der Waals surface area contributed by atoms with Crippen molar-refractivity contribution >= 4 is 16.9 Å². The molecule has 0 fully saturated rings. The lowest BCUT2D eigenvalue weighted by molar-refractivity contribution is -0.132. The van der Waals surface area contributed by atoms with Crippen molar-refractivity contribution in [3.63, 3.8) is 0 Å². The van der Waals surface area contributed by atoms with Crippen molar-refractivity contribution in [3.8, 4) is 39.9 Å². The molecule has 1 aromatic heterocycles. The Bertz CT molecular complexity index is 1100. The molecule has 0 radical (unpaired) electrons. The smallest absolute Gasteiger partial charge is 0.308 e.